The molecule has 0 aromatic carbocycles. The van der Waals surface area contributed by atoms with Crippen LogP contribution in [0.4, 0.5) is 0 Å². The highest BCUT2D eigenvalue weighted by Crippen LogP contribution is 2.12. The van der Waals surface area contributed by atoms with Gasteiger partial charge in [-0.1, -0.05) is 136 Å². The van der Waals surface area contributed by atoms with E-state index in [0.29, 0.717) is 25.7 Å². The molecule has 1 unspecified atom stereocenters. The summed E-state index contributed by atoms with van der Waals surface area (Å²) in [6, 6.07) is 0. The molecule has 0 aliphatic heterocycles. The van der Waals surface area contributed by atoms with Gasteiger partial charge in [-0.2, -0.15) is 0 Å². The maximum absolute atomic E-state index is 12.5. The summed E-state index contributed by atoms with van der Waals surface area (Å²) in [6.07, 6.45) is 59.3. The van der Waals surface area contributed by atoms with Crippen LogP contribution in [0.15, 0.2) is 122 Å². The number of carboxylic acids is 1. The number of carbonyl (C=O) groups is 2. The van der Waals surface area contributed by atoms with E-state index in [0.717, 1.165) is 89.9 Å². The molecule has 0 radical (unpaired) electrons. The second-order valence-corrected chi connectivity index (χ2v) is 11.6. The molecule has 266 valence electrons. The third kappa shape index (κ3) is 36.8. The van der Waals surface area contributed by atoms with E-state index in [9.17, 15) is 9.59 Å². The Balaban J connectivity index is 4.20. The summed E-state index contributed by atoms with van der Waals surface area (Å²) in [4.78, 5) is 23.4. The maximum atomic E-state index is 12.5. The van der Waals surface area contributed by atoms with Crippen LogP contribution < -0.4 is 0 Å². The summed E-state index contributed by atoms with van der Waals surface area (Å²) in [7, 11) is 0. The van der Waals surface area contributed by atoms with E-state index < -0.39 is 5.97 Å². The molecule has 0 heterocycles. The first kappa shape index (κ1) is 44.3. The van der Waals surface area contributed by atoms with E-state index >= 15 is 0 Å². The highest BCUT2D eigenvalue weighted by molar-refractivity contribution is 5.69. The van der Waals surface area contributed by atoms with Crippen molar-refractivity contribution in [1.82, 2.24) is 0 Å². The molecule has 0 saturated heterocycles. The number of aliphatic carboxylic acids is 1. The quantitative estimate of drug-likeness (QED) is 0.0457. The summed E-state index contributed by atoms with van der Waals surface area (Å²) in [5.41, 5.74) is 0. The third-order valence-electron chi connectivity index (χ3n) is 7.16. The predicted molar refractivity (Wildman–Crippen MR) is 208 cm³/mol. The van der Waals surface area contributed by atoms with Gasteiger partial charge in [0.1, 0.15) is 6.10 Å². The summed E-state index contributed by atoms with van der Waals surface area (Å²) >= 11 is 0. The molecule has 48 heavy (non-hydrogen) atoms. The van der Waals surface area contributed by atoms with Crippen molar-refractivity contribution in [3.63, 3.8) is 0 Å². The molecule has 0 spiro atoms. The van der Waals surface area contributed by atoms with E-state index in [1.54, 1.807) is 0 Å². The summed E-state index contributed by atoms with van der Waals surface area (Å²) in [5, 5.41) is 8.92. The molecule has 4 nitrogen and oxygen atoms in total. The number of unbranched alkanes of at least 4 members (excludes halogenated alkanes) is 4. The zero-order valence-corrected chi connectivity index (χ0v) is 30.2. The Morgan fingerprint density at radius 2 is 0.875 bits per heavy atom. The van der Waals surface area contributed by atoms with Crippen molar-refractivity contribution in [1.29, 1.82) is 0 Å². The van der Waals surface area contributed by atoms with Crippen LogP contribution in [-0.4, -0.2) is 23.1 Å². The molecular weight excluding hydrogens is 592 g/mol. The zero-order valence-electron chi connectivity index (χ0n) is 30.2. The molecule has 0 fully saturated rings. The van der Waals surface area contributed by atoms with Crippen molar-refractivity contribution in [2.75, 3.05) is 0 Å². The lowest BCUT2D eigenvalue weighted by atomic mass is 10.1. The van der Waals surface area contributed by atoms with Gasteiger partial charge >= 0.3 is 11.9 Å². The molecule has 0 aliphatic carbocycles. The van der Waals surface area contributed by atoms with Gasteiger partial charge in [-0.15, -0.1) is 0 Å². The number of ether oxygens (including phenoxy) is 1. The Labute approximate surface area is 294 Å². The second kappa shape index (κ2) is 37.8. The summed E-state index contributed by atoms with van der Waals surface area (Å²) in [5.74, 6) is -0.961. The highest BCUT2D eigenvalue weighted by Gasteiger charge is 2.11. The first-order chi connectivity index (χ1) is 23.6. The van der Waals surface area contributed by atoms with Crippen LogP contribution in [0.1, 0.15) is 136 Å². The molecule has 0 bridgehead atoms. The Bertz CT molecular complexity index is 1060. The fourth-order valence-electron chi connectivity index (χ4n) is 4.51. The number of esters is 1. The Hall–Kier alpha value is -3.66. The number of carboxylic acid groups (broad SMARTS) is 1. The van der Waals surface area contributed by atoms with Crippen molar-refractivity contribution in [2.45, 2.75) is 142 Å². The molecule has 0 amide bonds. The van der Waals surface area contributed by atoms with Crippen molar-refractivity contribution < 1.29 is 19.4 Å². The monoisotopic (exact) mass is 658 g/mol. The van der Waals surface area contributed by atoms with Crippen LogP contribution in [-0.2, 0) is 14.3 Å². The molecule has 4 heteroatoms. The Morgan fingerprint density at radius 3 is 1.31 bits per heavy atom. The van der Waals surface area contributed by atoms with Crippen molar-refractivity contribution in [2.24, 2.45) is 0 Å². The number of hydrogen-bond donors (Lipinski definition) is 1. The van der Waals surface area contributed by atoms with E-state index in [1.165, 1.54) is 0 Å². The van der Waals surface area contributed by atoms with Gasteiger partial charge in [0.2, 0.25) is 0 Å². The molecule has 1 atom stereocenters. The van der Waals surface area contributed by atoms with Gasteiger partial charge in [0.05, 0.1) is 0 Å². The summed E-state index contributed by atoms with van der Waals surface area (Å²) in [6.45, 7) is 4.29. The lowest BCUT2D eigenvalue weighted by molar-refractivity contribution is -0.147. The topological polar surface area (TPSA) is 63.6 Å². The van der Waals surface area contributed by atoms with E-state index in [-0.39, 0.29) is 18.5 Å². The third-order valence-corrected chi connectivity index (χ3v) is 7.16. The Morgan fingerprint density at radius 1 is 0.479 bits per heavy atom. The van der Waals surface area contributed by atoms with Crippen molar-refractivity contribution in [3.8, 4) is 0 Å². The predicted octanol–water partition coefficient (Wildman–Crippen LogP) is 13.0. The Kier molecular flexibility index (Phi) is 34.9. The van der Waals surface area contributed by atoms with E-state index in [1.807, 2.05) is 12.2 Å². The molecule has 0 saturated carbocycles. The van der Waals surface area contributed by atoms with Crippen molar-refractivity contribution >= 4 is 11.9 Å². The highest BCUT2D eigenvalue weighted by atomic mass is 16.5. The minimum atomic E-state index is -0.789. The average Bonchev–Trinajstić information content (AvgIpc) is 3.07. The van der Waals surface area contributed by atoms with Crippen LogP contribution >= 0.6 is 0 Å². The fourth-order valence-corrected chi connectivity index (χ4v) is 4.51. The van der Waals surface area contributed by atoms with Gasteiger partial charge in [0.15, 0.2) is 0 Å². The van der Waals surface area contributed by atoms with Crippen LogP contribution in [0.5, 0.6) is 0 Å². The molecule has 0 aromatic heterocycles. The molecule has 0 rings (SSSR count). The fraction of sp³-hybridized carbons (Fsp3) is 0.500. The number of hydrogen-bond acceptors (Lipinski definition) is 3. The standard InChI is InChI=1S/C44H66O4/c1-3-5-7-9-11-13-15-17-19-20-21-22-23-25-27-29-31-33-35-41-44(47)48-42(39-36-37-40-43(45)46)38-34-32-30-28-26-24-18-16-14-12-10-8-6-4-2/h5-8,11-14,17-19,21-22,24-25,27-28,30,34,38,42H,3-4,9-10,15-16,20,23,26,29,31-33,35-37,39-41H2,1-2H3,(H,45,46)/b7-5-,8-6-,13-11-,14-12-,19-17-,22-21-,24-18-,27-25-,30-28-,38-34-. The van der Waals surface area contributed by atoms with Gasteiger partial charge in [-0.25, -0.2) is 0 Å². The first-order valence-corrected chi connectivity index (χ1v) is 18.5. The van der Waals surface area contributed by atoms with Crippen LogP contribution in [0.3, 0.4) is 0 Å². The zero-order chi connectivity index (χ0) is 35.0. The van der Waals surface area contributed by atoms with Gasteiger partial charge in [-0.05, 0) is 109 Å². The van der Waals surface area contributed by atoms with Crippen molar-refractivity contribution in [3.05, 3.63) is 122 Å². The minimum Gasteiger partial charge on any atom is -0.481 e. The van der Waals surface area contributed by atoms with Crippen LogP contribution in [0.2, 0.25) is 0 Å². The molecule has 0 aliphatic rings. The first-order valence-electron chi connectivity index (χ1n) is 18.5. The van der Waals surface area contributed by atoms with Gasteiger partial charge in [0, 0.05) is 12.8 Å². The molecule has 1 N–H and O–H groups in total. The largest absolute Gasteiger partial charge is 0.481 e. The van der Waals surface area contributed by atoms with Gasteiger partial charge in [-0.3, -0.25) is 9.59 Å². The second-order valence-electron chi connectivity index (χ2n) is 11.6. The van der Waals surface area contributed by atoms with Gasteiger partial charge in [0.25, 0.3) is 0 Å². The smallest absolute Gasteiger partial charge is 0.306 e. The van der Waals surface area contributed by atoms with E-state index in [4.69, 9.17) is 9.84 Å². The van der Waals surface area contributed by atoms with Crippen LogP contribution in [0, 0.1) is 0 Å². The minimum absolute atomic E-state index is 0.143. The number of carbonyl (C=O) groups excluding carboxylic acids is 1. The lowest BCUT2D eigenvalue weighted by Crippen LogP contribution is -2.16. The maximum Gasteiger partial charge on any atom is 0.306 e. The summed E-state index contributed by atoms with van der Waals surface area (Å²) < 4.78 is 5.76. The lowest BCUT2D eigenvalue weighted by Gasteiger charge is -2.14. The normalized spacial score (nSPS) is 13.7. The average molecular weight is 659 g/mol. The molecule has 0 aromatic rings. The van der Waals surface area contributed by atoms with Gasteiger partial charge < -0.3 is 9.84 Å². The number of allylic oxidation sites excluding steroid dienone is 19. The molecular formula is C44H66O4. The van der Waals surface area contributed by atoms with E-state index in [2.05, 4.69) is 123 Å². The SMILES string of the molecule is CC/C=C\C/C=C\C/C=C\C/C=C\C/C=C\CCCCCC(=O)OC(/C=C\C/C=C\C/C=C\C/C=C\C/C=C\CC)CCCCC(=O)O. The van der Waals surface area contributed by atoms with Crippen LogP contribution in [0.25, 0.3) is 0 Å². The number of rotatable bonds is 31.